The maximum atomic E-state index is 2.51. The molecule has 5 aromatic rings. The van der Waals surface area contributed by atoms with Crippen molar-refractivity contribution in [2.45, 2.75) is 25.2 Å². The average molecular weight is 372 g/mol. The predicted molar refractivity (Wildman–Crippen MR) is 124 cm³/mol. The van der Waals surface area contributed by atoms with Crippen molar-refractivity contribution >= 4 is 32.3 Å². The van der Waals surface area contributed by atoms with E-state index in [9.17, 15) is 0 Å². The fraction of sp³-hybridized carbons (Fsp3) is 0.138. The quantitative estimate of drug-likeness (QED) is 0.277. The van der Waals surface area contributed by atoms with Crippen molar-refractivity contribution in [1.29, 1.82) is 0 Å². The lowest BCUT2D eigenvalue weighted by Crippen LogP contribution is -2.11. The summed E-state index contributed by atoms with van der Waals surface area (Å²) in [5, 5.41) is 8.21. The van der Waals surface area contributed by atoms with Crippen LogP contribution >= 0.6 is 0 Å². The molecule has 0 aromatic heterocycles. The zero-order valence-electron chi connectivity index (χ0n) is 16.4. The smallest absolute Gasteiger partial charge is 0.00119 e. The van der Waals surface area contributed by atoms with Gasteiger partial charge in [-0.1, -0.05) is 91.0 Å². The molecule has 0 amide bonds. The SMILES string of the molecule is [CH](c1cccc2ccccc12)C1CCCc2c1ccc1c2ccc2ccccc21. The minimum Gasteiger partial charge on any atom is -0.0616 e. The van der Waals surface area contributed by atoms with Gasteiger partial charge in [0.05, 0.1) is 0 Å². The Morgan fingerprint density at radius 2 is 1.31 bits per heavy atom. The molecule has 1 radical (unpaired) electrons. The summed E-state index contributed by atoms with van der Waals surface area (Å²) in [6.07, 6.45) is 6.18. The van der Waals surface area contributed by atoms with Gasteiger partial charge in [0.25, 0.3) is 0 Å². The Balaban J connectivity index is 1.48. The summed E-state index contributed by atoms with van der Waals surface area (Å²) < 4.78 is 0. The highest BCUT2D eigenvalue weighted by Crippen LogP contribution is 2.41. The van der Waals surface area contributed by atoms with Crippen molar-refractivity contribution in [3.63, 3.8) is 0 Å². The van der Waals surface area contributed by atoms with Crippen LogP contribution in [0.15, 0.2) is 91.0 Å². The van der Waals surface area contributed by atoms with Gasteiger partial charge >= 0.3 is 0 Å². The Kier molecular flexibility index (Phi) is 3.90. The maximum absolute atomic E-state index is 2.51. The molecule has 0 heteroatoms. The van der Waals surface area contributed by atoms with Crippen molar-refractivity contribution in [2.75, 3.05) is 0 Å². The van der Waals surface area contributed by atoms with Gasteiger partial charge in [0.2, 0.25) is 0 Å². The zero-order valence-corrected chi connectivity index (χ0v) is 16.4. The van der Waals surface area contributed by atoms with Gasteiger partial charge in [0.1, 0.15) is 0 Å². The normalized spacial score (nSPS) is 16.3. The Labute approximate surface area is 171 Å². The molecule has 139 valence electrons. The van der Waals surface area contributed by atoms with Gasteiger partial charge in [-0.05, 0) is 80.6 Å². The van der Waals surface area contributed by atoms with Crippen LogP contribution in [0.25, 0.3) is 32.3 Å². The molecule has 5 aromatic carbocycles. The monoisotopic (exact) mass is 371 g/mol. The summed E-state index contributed by atoms with van der Waals surface area (Å²) in [6.45, 7) is 0. The van der Waals surface area contributed by atoms with E-state index in [1.807, 2.05) is 0 Å². The van der Waals surface area contributed by atoms with Gasteiger partial charge in [-0.3, -0.25) is 0 Å². The second kappa shape index (κ2) is 6.74. The van der Waals surface area contributed by atoms with Crippen LogP contribution in [-0.4, -0.2) is 0 Å². The van der Waals surface area contributed by atoms with Gasteiger partial charge in [-0.15, -0.1) is 0 Å². The Morgan fingerprint density at radius 1 is 0.586 bits per heavy atom. The van der Waals surface area contributed by atoms with Crippen molar-refractivity contribution in [3.8, 4) is 0 Å². The van der Waals surface area contributed by atoms with E-state index >= 15 is 0 Å². The molecule has 1 aliphatic carbocycles. The number of hydrogen-bond donors (Lipinski definition) is 0. The number of rotatable bonds is 2. The van der Waals surface area contributed by atoms with E-state index in [1.54, 1.807) is 5.56 Å². The van der Waals surface area contributed by atoms with Gasteiger partial charge in [0.15, 0.2) is 0 Å². The molecule has 0 aliphatic heterocycles. The Bertz CT molecular complexity index is 1350. The lowest BCUT2D eigenvalue weighted by molar-refractivity contribution is 0.613. The molecule has 0 N–H and O–H groups in total. The third-order valence-corrected chi connectivity index (χ3v) is 6.62. The van der Waals surface area contributed by atoms with E-state index < -0.39 is 0 Å². The standard InChI is InChI=1S/C29H23/c1-3-12-24-20(7-1)9-5-10-22(24)19-23-11-6-14-27-26(23)17-18-28-25-13-4-2-8-21(25)15-16-29(27)28/h1-5,7-10,12-13,15-19,23H,6,11,14H2. The van der Waals surface area contributed by atoms with Gasteiger partial charge in [-0.25, -0.2) is 0 Å². The van der Waals surface area contributed by atoms with Crippen molar-refractivity contribution in [1.82, 2.24) is 0 Å². The van der Waals surface area contributed by atoms with E-state index in [-0.39, 0.29) is 0 Å². The highest BCUT2D eigenvalue weighted by molar-refractivity contribution is 6.08. The maximum Gasteiger partial charge on any atom is -0.00119 e. The molecule has 1 atom stereocenters. The van der Waals surface area contributed by atoms with Crippen LogP contribution in [0.5, 0.6) is 0 Å². The first-order valence-electron chi connectivity index (χ1n) is 10.6. The van der Waals surface area contributed by atoms with Crippen LogP contribution in [0.2, 0.25) is 0 Å². The summed E-state index contributed by atoms with van der Waals surface area (Å²) in [6, 6.07) is 33.5. The molecule has 0 saturated heterocycles. The number of fused-ring (bicyclic) bond motifs is 6. The first kappa shape index (κ1) is 16.8. The van der Waals surface area contributed by atoms with Crippen LogP contribution in [0.3, 0.4) is 0 Å². The Morgan fingerprint density at radius 3 is 2.21 bits per heavy atom. The number of aryl methyl sites for hydroxylation is 1. The molecular weight excluding hydrogens is 348 g/mol. The van der Waals surface area contributed by atoms with E-state index in [2.05, 4.69) is 97.4 Å². The molecule has 0 bridgehead atoms. The summed E-state index contributed by atoms with van der Waals surface area (Å²) in [5.41, 5.74) is 4.44. The van der Waals surface area contributed by atoms with Gasteiger partial charge in [-0.2, -0.15) is 0 Å². The largest absolute Gasteiger partial charge is 0.0616 e. The minimum atomic E-state index is 0.487. The zero-order chi connectivity index (χ0) is 19.2. The molecule has 0 nitrogen and oxygen atoms in total. The molecule has 29 heavy (non-hydrogen) atoms. The number of hydrogen-bond acceptors (Lipinski definition) is 0. The Hall–Kier alpha value is -3.12. The first-order chi connectivity index (χ1) is 14.4. The van der Waals surface area contributed by atoms with Gasteiger partial charge < -0.3 is 0 Å². The first-order valence-corrected chi connectivity index (χ1v) is 10.6. The second-order valence-electron chi connectivity index (χ2n) is 8.25. The molecule has 0 spiro atoms. The third kappa shape index (κ3) is 2.75. The van der Waals surface area contributed by atoms with Crippen LogP contribution in [0.1, 0.15) is 35.4 Å². The molecule has 6 rings (SSSR count). The van der Waals surface area contributed by atoms with E-state index in [1.165, 1.54) is 62.7 Å². The summed E-state index contributed by atoms with van der Waals surface area (Å²) in [4.78, 5) is 0. The van der Waals surface area contributed by atoms with Crippen molar-refractivity contribution in [2.24, 2.45) is 0 Å². The van der Waals surface area contributed by atoms with Crippen LogP contribution in [0.4, 0.5) is 0 Å². The topological polar surface area (TPSA) is 0 Å². The average Bonchev–Trinajstić information content (AvgIpc) is 2.79. The van der Waals surface area contributed by atoms with E-state index in [4.69, 9.17) is 0 Å². The number of benzene rings is 5. The highest BCUT2D eigenvalue weighted by atomic mass is 14.3. The van der Waals surface area contributed by atoms with Crippen molar-refractivity contribution in [3.05, 3.63) is 114 Å². The van der Waals surface area contributed by atoms with Crippen LogP contribution < -0.4 is 0 Å². The minimum absolute atomic E-state index is 0.487. The highest BCUT2D eigenvalue weighted by Gasteiger charge is 2.23. The van der Waals surface area contributed by atoms with E-state index in [0.29, 0.717) is 5.92 Å². The fourth-order valence-electron chi connectivity index (χ4n) is 5.23. The molecule has 1 aliphatic rings. The third-order valence-electron chi connectivity index (χ3n) is 6.62. The molecule has 0 fully saturated rings. The lowest BCUT2D eigenvalue weighted by Gasteiger charge is -2.27. The van der Waals surface area contributed by atoms with E-state index in [0.717, 1.165) is 0 Å². The van der Waals surface area contributed by atoms with Crippen molar-refractivity contribution < 1.29 is 0 Å². The lowest BCUT2D eigenvalue weighted by atomic mass is 9.77. The molecule has 0 heterocycles. The van der Waals surface area contributed by atoms with Crippen LogP contribution in [-0.2, 0) is 6.42 Å². The molecule has 1 unspecified atom stereocenters. The fourth-order valence-corrected chi connectivity index (χ4v) is 5.23. The summed E-state index contributed by atoms with van der Waals surface area (Å²) >= 11 is 0. The summed E-state index contributed by atoms with van der Waals surface area (Å²) in [7, 11) is 0. The molecular formula is C29H23. The predicted octanol–water partition coefficient (Wildman–Crippen LogP) is 7.82. The second-order valence-corrected chi connectivity index (χ2v) is 8.25. The van der Waals surface area contributed by atoms with Gasteiger partial charge in [0, 0.05) is 0 Å². The summed E-state index contributed by atoms with van der Waals surface area (Å²) in [5.74, 6) is 0.487. The van der Waals surface area contributed by atoms with Crippen LogP contribution in [0, 0.1) is 6.42 Å². The molecule has 0 saturated carbocycles.